The fourth-order valence-corrected chi connectivity index (χ4v) is 3.15. The van der Waals surface area contributed by atoms with Crippen molar-refractivity contribution in [3.63, 3.8) is 0 Å². The van der Waals surface area contributed by atoms with Gasteiger partial charge in [0, 0.05) is 10.6 Å². The lowest BCUT2D eigenvalue weighted by molar-refractivity contribution is -0.131. The Hall–Kier alpha value is -3.04. The SMILES string of the molecule is C[C@]1(c2ccccc2Cl)NC(=O)N(CCOc2ccc(C#N)cc2)C1=O. The average Bonchev–Trinajstić information content (AvgIpc) is 2.86. The third-order valence-electron chi connectivity index (χ3n) is 4.25. The molecule has 7 heteroatoms. The summed E-state index contributed by atoms with van der Waals surface area (Å²) in [6.07, 6.45) is 0. The number of halogens is 1. The molecule has 3 amide bonds. The predicted octanol–water partition coefficient (Wildman–Crippen LogP) is 3.06. The predicted molar refractivity (Wildman–Crippen MR) is 95.7 cm³/mol. The summed E-state index contributed by atoms with van der Waals surface area (Å²) in [5.41, 5.74) is -0.123. The molecule has 1 fully saturated rings. The number of nitrogens with zero attached hydrogens (tertiary/aromatic N) is 2. The van der Waals surface area contributed by atoms with Crippen LogP contribution in [0.15, 0.2) is 48.5 Å². The molecule has 2 aromatic rings. The number of ether oxygens (including phenoxy) is 1. The maximum Gasteiger partial charge on any atom is 0.325 e. The summed E-state index contributed by atoms with van der Waals surface area (Å²) in [6.45, 7) is 1.88. The molecule has 0 spiro atoms. The first kappa shape index (κ1) is 17.8. The lowest BCUT2D eigenvalue weighted by Crippen LogP contribution is -2.41. The molecule has 1 atom stereocenters. The molecule has 1 N–H and O–H groups in total. The normalized spacial score (nSPS) is 19.2. The zero-order valence-corrected chi connectivity index (χ0v) is 14.8. The Balaban J connectivity index is 1.67. The molecular formula is C19H16ClN3O3. The van der Waals surface area contributed by atoms with Gasteiger partial charge in [-0.3, -0.25) is 9.69 Å². The summed E-state index contributed by atoms with van der Waals surface area (Å²) < 4.78 is 5.55. The van der Waals surface area contributed by atoms with E-state index >= 15 is 0 Å². The maximum absolute atomic E-state index is 12.8. The summed E-state index contributed by atoms with van der Waals surface area (Å²) in [4.78, 5) is 26.2. The van der Waals surface area contributed by atoms with Gasteiger partial charge < -0.3 is 10.1 Å². The summed E-state index contributed by atoms with van der Waals surface area (Å²) in [5.74, 6) is 0.184. The first-order chi connectivity index (χ1) is 12.5. The summed E-state index contributed by atoms with van der Waals surface area (Å²) in [5, 5.41) is 11.9. The van der Waals surface area contributed by atoms with Crippen molar-refractivity contribution in [2.24, 2.45) is 0 Å². The van der Waals surface area contributed by atoms with Crippen LogP contribution in [-0.4, -0.2) is 30.0 Å². The summed E-state index contributed by atoms with van der Waals surface area (Å²) in [6, 6.07) is 15.1. The molecule has 1 aliphatic rings. The quantitative estimate of drug-likeness (QED) is 0.821. The molecule has 2 aromatic carbocycles. The van der Waals surface area contributed by atoms with E-state index in [-0.39, 0.29) is 19.1 Å². The molecule has 132 valence electrons. The van der Waals surface area contributed by atoms with Gasteiger partial charge in [-0.05, 0) is 37.3 Å². The lowest BCUT2D eigenvalue weighted by Gasteiger charge is -2.23. The highest BCUT2D eigenvalue weighted by molar-refractivity contribution is 6.32. The molecule has 0 radical (unpaired) electrons. The molecule has 1 saturated heterocycles. The van der Waals surface area contributed by atoms with Gasteiger partial charge in [-0.2, -0.15) is 5.26 Å². The number of rotatable bonds is 5. The number of hydrogen-bond donors (Lipinski definition) is 1. The first-order valence-corrected chi connectivity index (χ1v) is 8.35. The van der Waals surface area contributed by atoms with Crippen molar-refractivity contribution < 1.29 is 14.3 Å². The number of imide groups is 1. The van der Waals surface area contributed by atoms with E-state index in [4.69, 9.17) is 21.6 Å². The van der Waals surface area contributed by atoms with Crippen molar-refractivity contribution in [3.8, 4) is 11.8 Å². The smallest absolute Gasteiger partial charge is 0.325 e. The van der Waals surface area contributed by atoms with E-state index in [9.17, 15) is 9.59 Å². The second kappa shape index (κ2) is 7.06. The molecule has 0 aliphatic carbocycles. The number of urea groups is 1. The minimum Gasteiger partial charge on any atom is -0.492 e. The third-order valence-corrected chi connectivity index (χ3v) is 4.58. The largest absolute Gasteiger partial charge is 0.492 e. The van der Waals surface area contributed by atoms with Gasteiger partial charge in [0.05, 0.1) is 18.2 Å². The second-order valence-corrected chi connectivity index (χ2v) is 6.38. The number of carbonyl (C=O) groups is 2. The summed E-state index contributed by atoms with van der Waals surface area (Å²) >= 11 is 6.19. The van der Waals surface area contributed by atoms with Crippen LogP contribution in [0.4, 0.5) is 4.79 Å². The van der Waals surface area contributed by atoms with Crippen LogP contribution in [0.5, 0.6) is 5.75 Å². The van der Waals surface area contributed by atoms with Gasteiger partial charge in [0.25, 0.3) is 5.91 Å². The van der Waals surface area contributed by atoms with Crippen LogP contribution in [0, 0.1) is 11.3 Å². The number of carbonyl (C=O) groups excluding carboxylic acids is 2. The molecule has 0 saturated carbocycles. The van der Waals surface area contributed by atoms with Gasteiger partial charge in [-0.1, -0.05) is 29.8 Å². The fourth-order valence-electron chi connectivity index (χ4n) is 2.83. The van der Waals surface area contributed by atoms with Crippen molar-refractivity contribution in [2.45, 2.75) is 12.5 Å². The van der Waals surface area contributed by atoms with E-state index in [1.807, 2.05) is 6.07 Å². The number of nitriles is 1. The van der Waals surface area contributed by atoms with Gasteiger partial charge in [0.1, 0.15) is 17.9 Å². The molecule has 26 heavy (non-hydrogen) atoms. The van der Waals surface area contributed by atoms with Gasteiger partial charge in [0.15, 0.2) is 0 Å². The average molecular weight is 370 g/mol. The van der Waals surface area contributed by atoms with Crippen LogP contribution in [0.25, 0.3) is 0 Å². The van der Waals surface area contributed by atoms with Crippen molar-refractivity contribution in [2.75, 3.05) is 13.2 Å². The highest BCUT2D eigenvalue weighted by atomic mass is 35.5. The Kier molecular flexibility index (Phi) is 4.83. The van der Waals surface area contributed by atoms with Crippen molar-refractivity contribution in [1.29, 1.82) is 5.26 Å². The molecule has 0 bridgehead atoms. The lowest BCUT2D eigenvalue weighted by atomic mass is 9.92. The highest BCUT2D eigenvalue weighted by Gasteiger charge is 2.49. The standard InChI is InChI=1S/C19H16ClN3O3/c1-19(15-4-2-3-5-16(15)20)17(24)23(18(25)22-19)10-11-26-14-8-6-13(12-21)7-9-14/h2-9H,10-11H2,1H3,(H,22,25)/t19-/m1/s1. The number of hydrogen-bond acceptors (Lipinski definition) is 4. The first-order valence-electron chi connectivity index (χ1n) is 7.98. The molecule has 6 nitrogen and oxygen atoms in total. The molecule has 3 rings (SSSR count). The van der Waals surface area contributed by atoms with Crippen LogP contribution in [0.1, 0.15) is 18.1 Å². The third kappa shape index (κ3) is 3.22. The van der Waals surface area contributed by atoms with Crippen LogP contribution in [-0.2, 0) is 10.3 Å². The molecule has 1 heterocycles. The van der Waals surface area contributed by atoms with E-state index in [1.54, 1.807) is 55.5 Å². The zero-order chi connectivity index (χ0) is 18.7. The summed E-state index contributed by atoms with van der Waals surface area (Å²) in [7, 11) is 0. The fraction of sp³-hybridized carbons (Fsp3) is 0.211. The molecule has 1 aliphatic heterocycles. The van der Waals surface area contributed by atoms with Crippen LogP contribution < -0.4 is 10.1 Å². The Morgan fingerprint density at radius 3 is 2.54 bits per heavy atom. The maximum atomic E-state index is 12.8. The van der Waals surface area contributed by atoms with E-state index < -0.39 is 11.6 Å². The molecule has 0 unspecified atom stereocenters. The van der Waals surface area contributed by atoms with Crippen molar-refractivity contribution in [1.82, 2.24) is 10.2 Å². The van der Waals surface area contributed by atoms with Gasteiger partial charge in [-0.15, -0.1) is 0 Å². The van der Waals surface area contributed by atoms with E-state index in [2.05, 4.69) is 5.32 Å². The zero-order valence-electron chi connectivity index (χ0n) is 14.0. The second-order valence-electron chi connectivity index (χ2n) is 5.98. The Labute approximate surface area is 155 Å². The Bertz CT molecular complexity index is 892. The van der Waals surface area contributed by atoms with Crippen molar-refractivity contribution >= 4 is 23.5 Å². The topological polar surface area (TPSA) is 82.4 Å². The minimum absolute atomic E-state index is 0.102. The Morgan fingerprint density at radius 2 is 1.88 bits per heavy atom. The van der Waals surface area contributed by atoms with Crippen molar-refractivity contribution in [3.05, 3.63) is 64.7 Å². The van der Waals surface area contributed by atoms with E-state index in [0.29, 0.717) is 21.9 Å². The number of benzene rings is 2. The highest BCUT2D eigenvalue weighted by Crippen LogP contribution is 2.33. The van der Waals surface area contributed by atoms with Gasteiger partial charge >= 0.3 is 6.03 Å². The van der Waals surface area contributed by atoms with Crippen LogP contribution >= 0.6 is 11.6 Å². The monoisotopic (exact) mass is 369 g/mol. The van der Waals surface area contributed by atoms with Crippen LogP contribution in [0.2, 0.25) is 5.02 Å². The van der Waals surface area contributed by atoms with Gasteiger partial charge in [-0.25, -0.2) is 4.79 Å². The number of nitrogens with one attached hydrogen (secondary N) is 1. The molecule has 0 aromatic heterocycles. The molecular weight excluding hydrogens is 354 g/mol. The van der Waals surface area contributed by atoms with E-state index in [0.717, 1.165) is 4.90 Å². The van der Waals surface area contributed by atoms with Crippen LogP contribution in [0.3, 0.4) is 0 Å². The number of amides is 3. The van der Waals surface area contributed by atoms with E-state index in [1.165, 1.54) is 0 Å². The minimum atomic E-state index is -1.20. The van der Waals surface area contributed by atoms with Gasteiger partial charge in [0.2, 0.25) is 0 Å². The Morgan fingerprint density at radius 1 is 1.19 bits per heavy atom.